The number of rotatable bonds is 2. The molecule has 3 rings (SSSR count). The van der Waals surface area contributed by atoms with Gasteiger partial charge in [-0.25, -0.2) is 0 Å². The van der Waals surface area contributed by atoms with Crippen LogP contribution < -0.4 is 5.73 Å². The van der Waals surface area contributed by atoms with E-state index in [-0.39, 0.29) is 0 Å². The summed E-state index contributed by atoms with van der Waals surface area (Å²) >= 11 is 1.49. The van der Waals surface area contributed by atoms with Crippen LogP contribution in [0.1, 0.15) is 44.2 Å². The maximum atomic E-state index is 6.22. The molecule has 105 valence electrons. The predicted octanol–water partition coefficient (Wildman–Crippen LogP) is 4.87. The van der Waals surface area contributed by atoms with Crippen LogP contribution in [0.25, 0.3) is 5.57 Å². The molecule has 0 bridgehead atoms. The second-order valence-corrected chi connectivity index (χ2v) is 6.99. The number of benzene rings is 1. The summed E-state index contributed by atoms with van der Waals surface area (Å²) < 4.78 is 1.48. The number of hydrogen-bond donors (Lipinski definition) is 1. The van der Waals surface area contributed by atoms with Crippen LogP contribution >= 0.6 is 0 Å². The molecule has 0 radical (unpaired) electrons. The van der Waals surface area contributed by atoms with Gasteiger partial charge in [-0.15, -0.1) is 0 Å². The molecule has 1 atom stereocenters. The van der Waals surface area contributed by atoms with Gasteiger partial charge in [0.1, 0.15) is 0 Å². The first-order chi connectivity index (χ1) is 10.1. The van der Waals surface area contributed by atoms with E-state index in [1.165, 1.54) is 61.4 Å². The minimum atomic E-state index is 0.430. The van der Waals surface area contributed by atoms with Gasteiger partial charge in [-0.3, -0.25) is 0 Å². The number of nitrogens with two attached hydrogens (primary N) is 1. The van der Waals surface area contributed by atoms with Crippen LogP contribution in [-0.2, 0) is 24.7 Å². The summed E-state index contributed by atoms with van der Waals surface area (Å²) in [5.41, 5.74) is 15.4. The third-order valence-corrected chi connectivity index (χ3v) is 5.88. The number of nitrogen functional groups attached to an aromatic ring is 1. The summed E-state index contributed by atoms with van der Waals surface area (Å²) in [5, 5.41) is 0. The van der Waals surface area contributed by atoms with Crippen LogP contribution in [0, 0.1) is 0 Å². The third-order valence-electron chi connectivity index (χ3n) is 4.51. The quantitative estimate of drug-likeness (QED) is 0.755. The molecule has 0 spiro atoms. The van der Waals surface area contributed by atoms with Crippen LogP contribution in [0.4, 0.5) is 5.69 Å². The maximum absolute atomic E-state index is 6.22. The van der Waals surface area contributed by atoms with Crippen molar-refractivity contribution in [1.82, 2.24) is 0 Å². The molecule has 1 unspecified atom stereocenters. The third kappa shape index (κ3) is 2.25. The zero-order valence-electron chi connectivity index (χ0n) is 12.8. The van der Waals surface area contributed by atoms with E-state index in [9.17, 15) is 0 Å². The van der Waals surface area contributed by atoms with E-state index < -0.39 is 0 Å². The van der Waals surface area contributed by atoms with E-state index in [4.69, 9.17) is 5.73 Å². The molecule has 2 N–H and O–H groups in total. The first-order valence-electron chi connectivity index (χ1n) is 7.50. The van der Waals surface area contributed by atoms with Gasteiger partial charge >= 0.3 is 142 Å². The van der Waals surface area contributed by atoms with Crippen molar-refractivity contribution in [3.63, 3.8) is 0 Å². The summed E-state index contributed by atoms with van der Waals surface area (Å²) in [7, 11) is 0. The van der Waals surface area contributed by atoms with Crippen molar-refractivity contribution in [3.05, 3.63) is 67.6 Å². The van der Waals surface area contributed by atoms with Crippen molar-refractivity contribution in [3.8, 4) is 0 Å². The molecule has 0 saturated carbocycles. The van der Waals surface area contributed by atoms with Crippen molar-refractivity contribution in [2.75, 3.05) is 5.73 Å². The zero-order chi connectivity index (χ0) is 15.1. The molecule has 0 aliphatic heterocycles. The summed E-state index contributed by atoms with van der Waals surface area (Å²) in [6.45, 7) is 6.72. The van der Waals surface area contributed by atoms with Gasteiger partial charge in [0.15, 0.2) is 0 Å². The van der Waals surface area contributed by atoms with Gasteiger partial charge in [0.2, 0.25) is 0 Å². The molecule has 1 aromatic carbocycles. The topological polar surface area (TPSA) is 26.0 Å². The van der Waals surface area contributed by atoms with Crippen LogP contribution in [0.15, 0.2) is 56.4 Å². The Labute approximate surface area is 142 Å². The van der Waals surface area contributed by atoms with E-state index >= 15 is 0 Å². The van der Waals surface area contributed by atoms with Crippen LogP contribution in [-0.4, -0.2) is 0 Å². The molecule has 21 heavy (non-hydrogen) atoms. The zero-order valence-corrected chi connectivity index (χ0v) is 15.3. The average molecular weight is 354 g/mol. The van der Waals surface area contributed by atoms with Crippen molar-refractivity contribution in [2.24, 2.45) is 0 Å². The Morgan fingerprint density at radius 2 is 2.05 bits per heavy atom. The molecule has 2 heteroatoms. The second kappa shape index (κ2) is 5.57. The van der Waals surface area contributed by atoms with Crippen molar-refractivity contribution < 1.29 is 24.7 Å². The van der Waals surface area contributed by atoms with Crippen molar-refractivity contribution in [1.29, 1.82) is 0 Å². The van der Waals surface area contributed by atoms with Gasteiger partial charge in [-0.1, -0.05) is 0 Å². The summed E-state index contributed by atoms with van der Waals surface area (Å²) in [5.74, 6) is 0.430. The fraction of sp³-hybridized carbons (Fsp3) is 0.263. The number of anilines is 1. The van der Waals surface area contributed by atoms with E-state index in [0.29, 0.717) is 5.92 Å². The summed E-state index contributed by atoms with van der Waals surface area (Å²) in [4.78, 5) is 0. The number of hydrogen-bond acceptors (Lipinski definition) is 1. The standard InChI is InChI=1S/C19H20N.Zr/c1-4-6-14-9-10-15(11-14)18-12(2)16-7-5-8-17(20)19(16)13(18)3;/h5-10,12H,4,20H2,1-3H3;. The molecule has 0 fully saturated rings. The molecule has 0 heterocycles. The first kappa shape index (κ1) is 14.8. The normalized spacial score (nSPS) is 22.6. The molecule has 2 aliphatic rings. The molecule has 1 nitrogen and oxygen atoms in total. The van der Waals surface area contributed by atoms with E-state index in [1.54, 1.807) is 0 Å². The van der Waals surface area contributed by atoms with Gasteiger partial charge in [-0.2, -0.15) is 0 Å². The Hall–Kier alpha value is -1.14. The van der Waals surface area contributed by atoms with Gasteiger partial charge in [0.05, 0.1) is 0 Å². The average Bonchev–Trinajstić information content (AvgIpc) is 2.92. The number of fused-ring (bicyclic) bond motifs is 1. The molecular weight excluding hydrogens is 333 g/mol. The molecular formula is C19H20NZr. The van der Waals surface area contributed by atoms with Crippen molar-refractivity contribution >= 4 is 11.3 Å². The Kier molecular flexibility index (Phi) is 3.92. The fourth-order valence-electron chi connectivity index (χ4n) is 3.54. The van der Waals surface area contributed by atoms with Crippen LogP contribution in [0.2, 0.25) is 0 Å². The monoisotopic (exact) mass is 352 g/mol. The van der Waals surface area contributed by atoms with Crippen LogP contribution in [0.5, 0.6) is 0 Å². The molecule has 0 aromatic heterocycles. The predicted molar refractivity (Wildman–Crippen MR) is 86.4 cm³/mol. The van der Waals surface area contributed by atoms with E-state index in [2.05, 4.69) is 51.1 Å². The number of allylic oxidation sites excluding steroid dienone is 8. The Bertz CT molecular complexity index is 732. The summed E-state index contributed by atoms with van der Waals surface area (Å²) in [6, 6.07) is 6.30. The molecule has 0 saturated heterocycles. The molecule has 1 aromatic rings. The molecule has 2 aliphatic carbocycles. The summed E-state index contributed by atoms with van der Waals surface area (Å²) in [6.07, 6.45) is 7.97. The minimum absolute atomic E-state index is 0.430. The molecule has 0 amide bonds. The first-order valence-corrected chi connectivity index (χ1v) is 8.73. The van der Waals surface area contributed by atoms with Gasteiger partial charge in [0, 0.05) is 0 Å². The Balaban J connectivity index is 2.16. The van der Waals surface area contributed by atoms with Gasteiger partial charge < -0.3 is 0 Å². The van der Waals surface area contributed by atoms with Crippen LogP contribution in [0.3, 0.4) is 0 Å². The van der Waals surface area contributed by atoms with Crippen molar-refractivity contribution in [2.45, 2.75) is 33.1 Å². The van der Waals surface area contributed by atoms with Gasteiger partial charge in [-0.05, 0) is 0 Å². The fourth-order valence-corrected chi connectivity index (χ4v) is 4.53. The second-order valence-electron chi connectivity index (χ2n) is 5.76. The Morgan fingerprint density at radius 1 is 1.29 bits per heavy atom. The van der Waals surface area contributed by atoms with E-state index in [1.807, 2.05) is 6.07 Å². The van der Waals surface area contributed by atoms with E-state index in [0.717, 1.165) is 12.1 Å². The Morgan fingerprint density at radius 3 is 2.71 bits per heavy atom. The SMILES string of the molecule is CCC=C1C=CC(C2=C(C)c3c(N)cccc3C2C)=[C]1[Zr]. The van der Waals surface area contributed by atoms with Gasteiger partial charge in [0.25, 0.3) is 0 Å².